The fourth-order valence-electron chi connectivity index (χ4n) is 1.32. The molecule has 0 aliphatic rings. The van der Waals surface area contributed by atoms with Gasteiger partial charge in [-0.25, -0.2) is 9.18 Å². The molecule has 18 heavy (non-hydrogen) atoms. The van der Waals surface area contributed by atoms with Crippen LogP contribution in [0, 0.1) is 12.7 Å². The zero-order valence-electron chi connectivity index (χ0n) is 11.4. The molecule has 0 amide bonds. The van der Waals surface area contributed by atoms with Gasteiger partial charge in [-0.05, 0) is 52.3 Å². The normalized spacial score (nSPS) is 13.0. The summed E-state index contributed by atoms with van der Waals surface area (Å²) in [5.41, 5.74) is 0.280. The van der Waals surface area contributed by atoms with Crippen LogP contribution in [-0.2, 0) is 9.53 Å². The predicted molar refractivity (Wildman–Crippen MR) is 67.1 cm³/mol. The number of carbonyl (C=O) groups is 1. The fourth-order valence-corrected chi connectivity index (χ4v) is 1.32. The van der Waals surface area contributed by atoms with Crippen LogP contribution in [-0.4, -0.2) is 17.7 Å². The second-order valence-corrected chi connectivity index (χ2v) is 5.23. The van der Waals surface area contributed by atoms with Crippen molar-refractivity contribution in [3.05, 3.63) is 29.6 Å². The zero-order valence-corrected chi connectivity index (χ0v) is 11.4. The molecule has 0 bridgehead atoms. The van der Waals surface area contributed by atoms with Gasteiger partial charge in [0, 0.05) is 0 Å². The minimum atomic E-state index is -0.847. The standard InChI is InChI=1S/C14H19FO3/c1-9-6-7-11(15)12(8-9)17-10(2)13(16)18-14(3,4)5/h6-8,10H,1-5H3. The van der Waals surface area contributed by atoms with Gasteiger partial charge in [0.1, 0.15) is 5.60 Å². The monoisotopic (exact) mass is 254 g/mol. The van der Waals surface area contributed by atoms with Gasteiger partial charge < -0.3 is 9.47 Å². The first-order valence-corrected chi connectivity index (χ1v) is 5.85. The summed E-state index contributed by atoms with van der Waals surface area (Å²) in [5, 5.41) is 0. The van der Waals surface area contributed by atoms with Crippen LogP contribution in [0.4, 0.5) is 4.39 Å². The Labute approximate surface area is 107 Å². The van der Waals surface area contributed by atoms with E-state index in [0.29, 0.717) is 0 Å². The third-order valence-corrected chi connectivity index (χ3v) is 2.13. The Hall–Kier alpha value is -1.58. The van der Waals surface area contributed by atoms with Crippen LogP contribution in [0.2, 0.25) is 0 Å². The fraction of sp³-hybridized carbons (Fsp3) is 0.500. The van der Waals surface area contributed by atoms with E-state index in [4.69, 9.17) is 9.47 Å². The smallest absolute Gasteiger partial charge is 0.347 e. The summed E-state index contributed by atoms with van der Waals surface area (Å²) in [5.74, 6) is -0.937. The van der Waals surface area contributed by atoms with Gasteiger partial charge in [-0.2, -0.15) is 0 Å². The number of aryl methyl sites for hydroxylation is 1. The number of carbonyl (C=O) groups excluding carboxylic acids is 1. The van der Waals surface area contributed by atoms with E-state index in [9.17, 15) is 9.18 Å². The van der Waals surface area contributed by atoms with Crippen molar-refractivity contribution >= 4 is 5.97 Å². The van der Waals surface area contributed by atoms with E-state index in [1.165, 1.54) is 13.0 Å². The molecule has 0 saturated carbocycles. The molecule has 0 heterocycles. The van der Waals surface area contributed by atoms with Crippen molar-refractivity contribution in [2.24, 2.45) is 0 Å². The van der Waals surface area contributed by atoms with Gasteiger partial charge in [0.2, 0.25) is 0 Å². The van der Waals surface area contributed by atoms with E-state index in [0.717, 1.165) is 5.56 Å². The van der Waals surface area contributed by atoms with Gasteiger partial charge in [0.25, 0.3) is 0 Å². The SMILES string of the molecule is Cc1ccc(F)c(OC(C)C(=O)OC(C)(C)C)c1. The lowest BCUT2D eigenvalue weighted by Gasteiger charge is -2.22. The predicted octanol–water partition coefficient (Wildman–Crippen LogP) is 3.24. The Bertz CT molecular complexity index is 435. The van der Waals surface area contributed by atoms with E-state index < -0.39 is 23.5 Å². The quantitative estimate of drug-likeness (QED) is 0.777. The molecule has 1 unspecified atom stereocenters. The van der Waals surface area contributed by atoms with E-state index >= 15 is 0 Å². The first-order valence-electron chi connectivity index (χ1n) is 5.85. The molecule has 1 aromatic rings. The summed E-state index contributed by atoms with van der Waals surface area (Å²) >= 11 is 0. The molecule has 0 saturated heterocycles. The number of esters is 1. The molecule has 100 valence electrons. The van der Waals surface area contributed by atoms with Gasteiger partial charge >= 0.3 is 5.97 Å². The first-order chi connectivity index (χ1) is 8.19. The molecule has 0 radical (unpaired) electrons. The Kier molecular flexibility index (Phi) is 4.33. The molecule has 0 spiro atoms. The van der Waals surface area contributed by atoms with Crippen LogP contribution in [0.25, 0.3) is 0 Å². The van der Waals surface area contributed by atoms with Crippen LogP contribution >= 0.6 is 0 Å². The maximum atomic E-state index is 13.5. The molecule has 0 aromatic heterocycles. The summed E-state index contributed by atoms with van der Waals surface area (Å²) in [7, 11) is 0. The highest BCUT2D eigenvalue weighted by Crippen LogP contribution is 2.20. The molecular weight excluding hydrogens is 235 g/mol. The van der Waals surface area contributed by atoms with Crippen LogP contribution in [0.1, 0.15) is 33.3 Å². The zero-order chi connectivity index (χ0) is 13.9. The van der Waals surface area contributed by atoms with Crippen molar-refractivity contribution in [1.82, 2.24) is 0 Å². The second kappa shape index (κ2) is 5.38. The number of hydrogen-bond donors (Lipinski definition) is 0. The van der Waals surface area contributed by atoms with E-state index in [1.54, 1.807) is 32.9 Å². The Balaban J connectivity index is 2.72. The van der Waals surface area contributed by atoms with Crippen molar-refractivity contribution < 1.29 is 18.7 Å². The van der Waals surface area contributed by atoms with Gasteiger partial charge in [0.05, 0.1) is 0 Å². The van der Waals surface area contributed by atoms with E-state index in [2.05, 4.69) is 0 Å². The van der Waals surface area contributed by atoms with Crippen LogP contribution in [0.3, 0.4) is 0 Å². The van der Waals surface area contributed by atoms with Crippen molar-refractivity contribution in [1.29, 1.82) is 0 Å². The minimum Gasteiger partial charge on any atom is -0.476 e. The molecular formula is C14H19FO3. The van der Waals surface area contributed by atoms with Crippen LogP contribution in [0.15, 0.2) is 18.2 Å². The molecule has 0 aliphatic carbocycles. The maximum absolute atomic E-state index is 13.5. The van der Waals surface area contributed by atoms with Crippen molar-refractivity contribution in [2.75, 3.05) is 0 Å². The highest BCUT2D eigenvalue weighted by molar-refractivity contribution is 5.75. The number of hydrogen-bond acceptors (Lipinski definition) is 3. The largest absolute Gasteiger partial charge is 0.476 e. The average molecular weight is 254 g/mol. The minimum absolute atomic E-state index is 0.0633. The molecule has 1 rings (SSSR count). The number of benzene rings is 1. The number of rotatable bonds is 3. The molecule has 1 aromatic carbocycles. The molecule has 0 fully saturated rings. The van der Waals surface area contributed by atoms with Crippen LogP contribution < -0.4 is 4.74 Å². The summed E-state index contributed by atoms with van der Waals surface area (Å²) < 4.78 is 23.9. The molecule has 1 atom stereocenters. The number of halogens is 1. The highest BCUT2D eigenvalue weighted by Gasteiger charge is 2.23. The third-order valence-electron chi connectivity index (χ3n) is 2.13. The Morgan fingerprint density at radius 1 is 1.33 bits per heavy atom. The van der Waals surface area contributed by atoms with E-state index in [-0.39, 0.29) is 5.75 Å². The average Bonchev–Trinajstić information content (AvgIpc) is 2.21. The van der Waals surface area contributed by atoms with Crippen molar-refractivity contribution in [2.45, 2.75) is 46.3 Å². The molecule has 3 nitrogen and oxygen atoms in total. The summed E-state index contributed by atoms with van der Waals surface area (Å²) in [6.07, 6.45) is -0.847. The van der Waals surface area contributed by atoms with Gasteiger partial charge in [0.15, 0.2) is 17.7 Å². The summed E-state index contributed by atoms with van der Waals surface area (Å²) in [6.45, 7) is 8.67. The van der Waals surface area contributed by atoms with Crippen molar-refractivity contribution in [3.63, 3.8) is 0 Å². The molecule has 4 heteroatoms. The second-order valence-electron chi connectivity index (χ2n) is 5.23. The third kappa shape index (κ3) is 4.35. The summed E-state index contributed by atoms with van der Waals surface area (Å²) in [4.78, 5) is 11.7. The molecule has 0 N–H and O–H groups in total. The van der Waals surface area contributed by atoms with Gasteiger partial charge in [-0.1, -0.05) is 6.07 Å². The van der Waals surface area contributed by atoms with Crippen molar-refractivity contribution in [3.8, 4) is 5.75 Å². The Morgan fingerprint density at radius 2 is 1.94 bits per heavy atom. The molecule has 0 aliphatic heterocycles. The number of ether oxygens (including phenoxy) is 2. The lowest BCUT2D eigenvalue weighted by Crippen LogP contribution is -2.33. The lowest BCUT2D eigenvalue weighted by molar-refractivity contribution is -0.162. The maximum Gasteiger partial charge on any atom is 0.347 e. The topological polar surface area (TPSA) is 35.5 Å². The van der Waals surface area contributed by atoms with E-state index in [1.807, 2.05) is 6.92 Å². The van der Waals surface area contributed by atoms with Gasteiger partial charge in [-0.15, -0.1) is 0 Å². The summed E-state index contributed by atoms with van der Waals surface area (Å²) in [6, 6.07) is 4.50. The lowest BCUT2D eigenvalue weighted by atomic mass is 10.2. The van der Waals surface area contributed by atoms with Gasteiger partial charge in [-0.3, -0.25) is 0 Å². The van der Waals surface area contributed by atoms with Crippen LogP contribution in [0.5, 0.6) is 5.75 Å². The highest BCUT2D eigenvalue weighted by atomic mass is 19.1. The first kappa shape index (κ1) is 14.5. The Morgan fingerprint density at radius 3 is 2.50 bits per heavy atom.